The lowest BCUT2D eigenvalue weighted by Gasteiger charge is -2.41. The van der Waals surface area contributed by atoms with E-state index in [0.29, 0.717) is 11.7 Å². The van der Waals surface area contributed by atoms with Crippen LogP contribution in [0.3, 0.4) is 0 Å². The van der Waals surface area contributed by atoms with E-state index in [1.54, 1.807) is 36.5 Å². The summed E-state index contributed by atoms with van der Waals surface area (Å²) in [6, 6.07) is 9.09. The third-order valence-electron chi connectivity index (χ3n) is 5.32. The van der Waals surface area contributed by atoms with Gasteiger partial charge in [-0.2, -0.15) is 0 Å². The molecule has 0 bridgehead atoms. The fourth-order valence-electron chi connectivity index (χ4n) is 3.53. The Hall–Kier alpha value is -1.68. The summed E-state index contributed by atoms with van der Waals surface area (Å²) in [5.41, 5.74) is 1.43. The maximum Gasteiger partial charge on any atom is 0.269 e. The van der Waals surface area contributed by atoms with Crippen molar-refractivity contribution >= 4 is 49.5 Å². The number of halogens is 1. The monoisotopic (exact) mass is 496 g/mol. The lowest BCUT2D eigenvalue weighted by molar-refractivity contribution is 0.289. The Morgan fingerprint density at radius 3 is 2.56 bits per heavy atom. The predicted molar refractivity (Wildman–Crippen MR) is 115 cm³/mol. The van der Waals surface area contributed by atoms with Crippen LogP contribution < -0.4 is 4.90 Å². The summed E-state index contributed by atoms with van der Waals surface area (Å²) < 4.78 is 28.6. The standard InChI is InChI=1S/C19H21IN4O2S/c1-13-3-5-16(6-4-13)27(25,26)24-8-7-17-18(21-12-22-19(17)24)23(2)15-9-14(10-15)11-20/h3-8,12,14-15H,9-11H2,1-2H3. The quantitative estimate of drug-likeness (QED) is 0.399. The molecule has 0 saturated heterocycles. The molecular formula is C19H21IN4O2S. The molecular weight excluding hydrogens is 475 g/mol. The second-order valence-corrected chi connectivity index (χ2v) is 9.82. The normalized spacial score (nSPS) is 19.8. The minimum Gasteiger partial charge on any atom is -0.356 e. The van der Waals surface area contributed by atoms with Crippen molar-refractivity contribution in [3.8, 4) is 0 Å². The van der Waals surface area contributed by atoms with Crippen LogP contribution in [0.25, 0.3) is 11.0 Å². The van der Waals surface area contributed by atoms with Crippen molar-refractivity contribution in [2.45, 2.75) is 30.7 Å². The number of rotatable bonds is 5. The fraction of sp³-hybridized carbons (Fsp3) is 0.368. The average Bonchev–Trinajstić information content (AvgIpc) is 3.06. The van der Waals surface area contributed by atoms with Crippen LogP contribution >= 0.6 is 22.6 Å². The number of hydrogen-bond donors (Lipinski definition) is 0. The van der Waals surface area contributed by atoms with Crippen molar-refractivity contribution in [3.63, 3.8) is 0 Å². The molecule has 8 heteroatoms. The first kappa shape index (κ1) is 18.7. The molecule has 0 aliphatic heterocycles. The zero-order valence-electron chi connectivity index (χ0n) is 15.2. The maximum absolute atomic E-state index is 13.1. The number of aryl methyl sites for hydroxylation is 1. The van der Waals surface area contributed by atoms with Gasteiger partial charge in [-0.05, 0) is 43.9 Å². The van der Waals surface area contributed by atoms with Crippen molar-refractivity contribution in [2.75, 3.05) is 16.4 Å². The van der Waals surface area contributed by atoms with E-state index in [-0.39, 0.29) is 4.90 Å². The molecule has 142 valence electrons. The number of anilines is 1. The summed E-state index contributed by atoms with van der Waals surface area (Å²) in [7, 11) is -1.67. The molecule has 0 amide bonds. The van der Waals surface area contributed by atoms with Gasteiger partial charge in [0.05, 0.1) is 10.3 Å². The fourth-order valence-corrected chi connectivity index (χ4v) is 5.55. The molecule has 1 fully saturated rings. The average molecular weight is 496 g/mol. The van der Waals surface area contributed by atoms with E-state index in [2.05, 4.69) is 37.5 Å². The second kappa shape index (κ2) is 7.05. The molecule has 0 atom stereocenters. The van der Waals surface area contributed by atoms with Gasteiger partial charge in [-0.3, -0.25) is 0 Å². The molecule has 0 spiro atoms. The van der Waals surface area contributed by atoms with Gasteiger partial charge in [0, 0.05) is 23.7 Å². The van der Waals surface area contributed by atoms with E-state index >= 15 is 0 Å². The molecule has 4 rings (SSSR count). The first-order valence-corrected chi connectivity index (χ1v) is 11.8. The molecule has 0 radical (unpaired) electrons. The van der Waals surface area contributed by atoms with Gasteiger partial charge in [0.15, 0.2) is 5.65 Å². The SMILES string of the molecule is Cc1ccc(S(=O)(=O)n2ccc3c(N(C)C4CC(CI)C4)ncnc32)cc1. The third kappa shape index (κ3) is 3.22. The molecule has 6 nitrogen and oxygen atoms in total. The van der Waals surface area contributed by atoms with Gasteiger partial charge < -0.3 is 4.90 Å². The number of alkyl halides is 1. The number of nitrogens with zero attached hydrogens (tertiary/aromatic N) is 4. The summed E-state index contributed by atoms with van der Waals surface area (Å²) in [6.07, 6.45) is 5.31. The smallest absolute Gasteiger partial charge is 0.269 e. The molecule has 2 aromatic heterocycles. The van der Waals surface area contributed by atoms with Crippen LogP contribution in [-0.2, 0) is 10.0 Å². The summed E-state index contributed by atoms with van der Waals surface area (Å²) in [5.74, 6) is 1.55. The van der Waals surface area contributed by atoms with Crippen LogP contribution in [0, 0.1) is 12.8 Å². The van der Waals surface area contributed by atoms with E-state index in [4.69, 9.17) is 0 Å². The summed E-state index contributed by atoms with van der Waals surface area (Å²) >= 11 is 2.43. The zero-order valence-corrected chi connectivity index (χ0v) is 18.2. The largest absolute Gasteiger partial charge is 0.356 e. The lowest BCUT2D eigenvalue weighted by atomic mass is 9.81. The van der Waals surface area contributed by atoms with Gasteiger partial charge in [-0.1, -0.05) is 40.3 Å². The zero-order chi connectivity index (χ0) is 19.2. The van der Waals surface area contributed by atoms with Gasteiger partial charge in [-0.15, -0.1) is 0 Å². The Morgan fingerprint density at radius 2 is 1.89 bits per heavy atom. The van der Waals surface area contributed by atoms with Crippen LogP contribution in [0.4, 0.5) is 5.82 Å². The van der Waals surface area contributed by atoms with Gasteiger partial charge in [0.25, 0.3) is 10.0 Å². The minimum atomic E-state index is -3.70. The second-order valence-electron chi connectivity index (χ2n) is 7.12. The molecule has 0 N–H and O–H groups in total. The first-order valence-electron chi connectivity index (χ1n) is 8.85. The van der Waals surface area contributed by atoms with E-state index in [1.165, 1.54) is 14.7 Å². The number of aromatic nitrogens is 3. The maximum atomic E-state index is 13.1. The highest BCUT2D eigenvalue weighted by molar-refractivity contribution is 14.1. The van der Waals surface area contributed by atoms with E-state index in [1.807, 2.05) is 14.0 Å². The highest BCUT2D eigenvalue weighted by atomic mass is 127. The van der Waals surface area contributed by atoms with Crippen molar-refractivity contribution < 1.29 is 8.42 Å². The van der Waals surface area contributed by atoms with Crippen molar-refractivity contribution in [1.82, 2.24) is 13.9 Å². The Bertz CT molecular complexity index is 1070. The molecule has 3 aromatic rings. The van der Waals surface area contributed by atoms with Crippen LogP contribution in [-0.4, -0.2) is 39.9 Å². The lowest BCUT2D eigenvalue weighted by Crippen LogP contribution is -2.43. The van der Waals surface area contributed by atoms with Crippen LogP contribution in [0.5, 0.6) is 0 Å². The van der Waals surface area contributed by atoms with Crippen LogP contribution in [0.1, 0.15) is 18.4 Å². The Kier molecular flexibility index (Phi) is 4.87. The van der Waals surface area contributed by atoms with Gasteiger partial charge in [0.1, 0.15) is 12.1 Å². The van der Waals surface area contributed by atoms with Gasteiger partial charge >= 0.3 is 0 Å². The molecule has 1 aliphatic carbocycles. The molecule has 1 aromatic carbocycles. The Morgan fingerprint density at radius 1 is 1.19 bits per heavy atom. The Labute approximate surface area is 172 Å². The van der Waals surface area contributed by atoms with Crippen molar-refractivity contribution in [1.29, 1.82) is 0 Å². The highest BCUT2D eigenvalue weighted by Crippen LogP contribution is 2.36. The van der Waals surface area contributed by atoms with Gasteiger partial charge in [0.2, 0.25) is 0 Å². The van der Waals surface area contributed by atoms with E-state index < -0.39 is 10.0 Å². The van der Waals surface area contributed by atoms with E-state index in [0.717, 1.165) is 35.5 Å². The first-order chi connectivity index (χ1) is 12.9. The van der Waals surface area contributed by atoms with Gasteiger partial charge in [-0.25, -0.2) is 22.4 Å². The molecule has 1 saturated carbocycles. The van der Waals surface area contributed by atoms with Crippen molar-refractivity contribution in [3.05, 3.63) is 48.4 Å². The van der Waals surface area contributed by atoms with Crippen LogP contribution in [0.15, 0.2) is 47.8 Å². The Balaban J connectivity index is 1.73. The summed E-state index contributed by atoms with van der Waals surface area (Å²) in [6.45, 7) is 1.93. The number of benzene rings is 1. The number of fused-ring (bicyclic) bond motifs is 1. The van der Waals surface area contributed by atoms with Crippen molar-refractivity contribution in [2.24, 2.45) is 5.92 Å². The third-order valence-corrected chi connectivity index (χ3v) is 8.24. The minimum absolute atomic E-state index is 0.253. The predicted octanol–water partition coefficient (Wildman–Crippen LogP) is 3.63. The topological polar surface area (TPSA) is 68.1 Å². The molecule has 2 heterocycles. The molecule has 1 aliphatic rings. The van der Waals surface area contributed by atoms with Crippen LogP contribution in [0.2, 0.25) is 0 Å². The summed E-state index contributed by atoms with van der Waals surface area (Å²) in [4.78, 5) is 11.1. The molecule has 0 unspecified atom stereocenters. The molecule has 27 heavy (non-hydrogen) atoms. The number of hydrogen-bond acceptors (Lipinski definition) is 5. The summed E-state index contributed by atoms with van der Waals surface area (Å²) in [5, 5.41) is 0.758. The highest BCUT2D eigenvalue weighted by Gasteiger charge is 2.33. The van der Waals surface area contributed by atoms with E-state index in [9.17, 15) is 8.42 Å².